The van der Waals surface area contributed by atoms with Crippen molar-refractivity contribution < 1.29 is 46.7 Å². The summed E-state index contributed by atoms with van der Waals surface area (Å²) in [5, 5.41) is 23.2. The van der Waals surface area contributed by atoms with Crippen LogP contribution in [0.5, 0.6) is 0 Å². The second-order valence-electron chi connectivity index (χ2n) is 8.75. The number of amides is 1. The molecule has 10 nitrogen and oxygen atoms in total. The van der Waals surface area contributed by atoms with Crippen LogP contribution in [0.3, 0.4) is 0 Å². The molecule has 202 valence electrons. The summed E-state index contributed by atoms with van der Waals surface area (Å²) in [5.41, 5.74) is -7.28. The Kier molecular flexibility index (Phi) is 8.71. The van der Waals surface area contributed by atoms with Crippen LogP contribution >= 0.6 is 11.6 Å². The van der Waals surface area contributed by atoms with Gasteiger partial charge >= 0.3 is 18.2 Å². The minimum Gasteiger partial charge on any atom is -0.467 e. The molecule has 37 heavy (non-hydrogen) atoms. The first-order chi connectivity index (χ1) is 16.9. The van der Waals surface area contributed by atoms with Crippen LogP contribution in [0.2, 0.25) is 5.02 Å². The predicted octanol–water partition coefficient (Wildman–Crippen LogP) is 4.31. The van der Waals surface area contributed by atoms with Gasteiger partial charge in [-0.2, -0.15) is 13.2 Å². The topological polar surface area (TPSA) is 141 Å². The van der Waals surface area contributed by atoms with Crippen molar-refractivity contribution in [1.29, 1.82) is 0 Å². The van der Waals surface area contributed by atoms with Crippen molar-refractivity contribution in [2.75, 3.05) is 13.7 Å². The highest BCUT2D eigenvalue weighted by Gasteiger charge is 2.60. The zero-order valence-corrected chi connectivity index (χ0v) is 20.6. The molecule has 0 radical (unpaired) electrons. The minimum absolute atomic E-state index is 0.0685. The summed E-state index contributed by atoms with van der Waals surface area (Å²) in [6, 6.07) is 2.77. The molecule has 0 spiro atoms. The van der Waals surface area contributed by atoms with Crippen molar-refractivity contribution in [2.24, 2.45) is 0 Å². The molecular weight excluding hydrogens is 530 g/mol. The van der Waals surface area contributed by atoms with Crippen LogP contribution in [0.1, 0.15) is 38.1 Å². The van der Waals surface area contributed by atoms with Crippen LogP contribution in [0.25, 0.3) is 11.3 Å². The molecule has 1 aromatic heterocycles. The lowest BCUT2D eigenvalue weighted by molar-refractivity contribution is -0.519. The molecule has 2 N–H and O–H groups in total. The Hall–Kier alpha value is -3.52. The molecule has 0 bridgehead atoms. The van der Waals surface area contributed by atoms with E-state index in [1.54, 1.807) is 0 Å². The first-order valence-electron chi connectivity index (χ1n) is 10.3. The zero-order chi connectivity index (χ0) is 28.3. The van der Waals surface area contributed by atoms with Crippen LogP contribution in [0, 0.1) is 15.9 Å². The number of nitro groups is 1. The number of ether oxygens (including phenoxy) is 2. The lowest BCUT2D eigenvalue weighted by atomic mass is 9.93. The van der Waals surface area contributed by atoms with E-state index in [9.17, 15) is 42.4 Å². The lowest BCUT2D eigenvalue weighted by Crippen LogP contribution is -2.48. The summed E-state index contributed by atoms with van der Waals surface area (Å²) >= 11 is 5.77. The molecule has 0 aliphatic rings. The van der Waals surface area contributed by atoms with Gasteiger partial charge in [-0.25, -0.2) is 19.0 Å². The van der Waals surface area contributed by atoms with Gasteiger partial charge in [-0.05, 0) is 56.7 Å². The van der Waals surface area contributed by atoms with E-state index in [0.717, 1.165) is 31.4 Å². The largest absolute Gasteiger partial charge is 0.467 e. The molecule has 0 saturated carbocycles. The Morgan fingerprint density at radius 3 is 2.32 bits per heavy atom. The molecule has 1 aromatic carbocycles. The first kappa shape index (κ1) is 29.7. The van der Waals surface area contributed by atoms with Crippen LogP contribution in [0.4, 0.5) is 22.4 Å². The molecule has 2 unspecified atom stereocenters. The second kappa shape index (κ2) is 10.8. The van der Waals surface area contributed by atoms with E-state index in [2.05, 4.69) is 15.0 Å². The molecule has 1 heterocycles. The van der Waals surface area contributed by atoms with Crippen molar-refractivity contribution >= 4 is 23.7 Å². The van der Waals surface area contributed by atoms with Crippen molar-refractivity contribution in [2.45, 2.75) is 44.2 Å². The van der Waals surface area contributed by atoms with Gasteiger partial charge in [0.1, 0.15) is 11.4 Å². The molecule has 15 heteroatoms. The number of hydrogen-bond acceptors (Lipinski definition) is 8. The van der Waals surface area contributed by atoms with E-state index in [0.29, 0.717) is 6.07 Å². The van der Waals surface area contributed by atoms with E-state index >= 15 is 0 Å². The third kappa shape index (κ3) is 7.26. The number of aromatic nitrogens is 1. The van der Waals surface area contributed by atoms with Crippen LogP contribution in [0.15, 0.2) is 30.3 Å². The number of alkyl carbamates (subject to hydrolysis) is 1. The van der Waals surface area contributed by atoms with Crippen molar-refractivity contribution in [3.8, 4) is 11.3 Å². The summed E-state index contributed by atoms with van der Waals surface area (Å²) in [5.74, 6) is -2.02. The van der Waals surface area contributed by atoms with E-state index in [-0.39, 0.29) is 11.3 Å². The van der Waals surface area contributed by atoms with E-state index < -0.39 is 69.0 Å². The van der Waals surface area contributed by atoms with Gasteiger partial charge < -0.3 is 19.9 Å². The molecule has 2 atom stereocenters. The SMILES string of the molecule is COC(=O)C(NC(=O)OC(C)(C)C)c1cc(-c2ccc(F)c(Cl)c2)nc(C(O)(C[N+](=O)[O-])C(F)(F)F)c1. The molecule has 0 fully saturated rings. The smallest absolute Gasteiger partial charge is 0.429 e. The number of methoxy groups -OCH3 is 1. The van der Waals surface area contributed by atoms with Gasteiger partial charge in [0.25, 0.3) is 5.60 Å². The number of halogens is 5. The average Bonchev–Trinajstić information content (AvgIpc) is 2.76. The highest BCUT2D eigenvalue weighted by Crippen LogP contribution is 2.40. The Labute approximate surface area is 212 Å². The number of aliphatic hydroxyl groups is 1. The van der Waals surface area contributed by atoms with Gasteiger partial charge in [0.05, 0.1) is 23.5 Å². The number of pyridine rings is 1. The number of hydrogen-bond donors (Lipinski definition) is 2. The number of benzene rings is 1. The van der Waals surface area contributed by atoms with Gasteiger partial charge in [0, 0.05) is 10.5 Å². The Morgan fingerprint density at radius 2 is 1.84 bits per heavy atom. The monoisotopic (exact) mass is 551 g/mol. The summed E-state index contributed by atoms with van der Waals surface area (Å²) in [6.07, 6.45) is -6.74. The van der Waals surface area contributed by atoms with E-state index in [4.69, 9.17) is 16.3 Å². The standard InChI is InChI=1S/C22H22ClF4N3O7/c1-20(2,3)37-19(32)29-17(18(31)36-4)12-8-15(11-5-6-14(24)13(23)7-11)28-16(9-12)21(33,10-30(34)35)22(25,26)27/h5-9,17,33H,10H2,1-4H3,(H,29,32). The maximum atomic E-state index is 13.9. The van der Waals surface area contributed by atoms with Crippen molar-refractivity contribution in [3.63, 3.8) is 0 Å². The Balaban J connectivity index is 2.82. The molecule has 1 amide bonds. The first-order valence-corrected chi connectivity index (χ1v) is 10.7. The van der Waals surface area contributed by atoms with Crippen LogP contribution in [-0.2, 0) is 19.9 Å². The van der Waals surface area contributed by atoms with Gasteiger partial charge in [0.2, 0.25) is 6.54 Å². The molecular formula is C22H22ClF4N3O7. The molecule has 0 saturated heterocycles. The number of carbonyl (C=O) groups is 2. The highest BCUT2D eigenvalue weighted by atomic mass is 35.5. The molecule has 0 aliphatic heterocycles. The van der Waals surface area contributed by atoms with Gasteiger partial charge in [0.15, 0.2) is 6.04 Å². The molecule has 0 aliphatic carbocycles. The third-order valence-electron chi connectivity index (χ3n) is 4.74. The maximum absolute atomic E-state index is 13.9. The molecule has 2 rings (SSSR count). The normalized spacial score (nSPS) is 14.3. The quantitative estimate of drug-likeness (QED) is 0.224. The second-order valence-corrected chi connectivity index (χ2v) is 9.16. The Bertz CT molecular complexity index is 1200. The molecule has 2 aromatic rings. The fraction of sp³-hybridized carbons (Fsp3) is 0.409. The predicted molar refractivity (Wildman–Crippen MR) is 121 cm³/mol. The lowest BCUT2D eigenvalue weighted by Gasteiger charge is -2.28. The van der Waals surface area contributed by atoms with Gasteiger partial charge in [-0.1, -0.05) is 11.6 Å². The van der Waals surface area contributed by atoms with Crippen LogP contribution < -0.4 is 5.32 Å². The van der Waals surface area contributed by atoms with Crippen molar-refractivity contribution in [1.82, 2.24) is 10.3 Å². The third-order valence-corrected chi connectivity index (χ3v) is 5.03. The maximum Gasteiger partial charge on any atom is 0.429 e. The number of nitrogens with zero attached hydrogens (tertiary/aromatic N) is 2. The summed E-state index contributed by atoms with van der Waals surface area (Å²) in [6.45, 7) is 2.52. The van der Waals surface area contributed by atoms with Crippen LogP contribution in [-0.4, -0.2) is 52.5 Å². The average molecular weight is 552 g/mol. The Morgan fingerprint density at radius 1 is 1.22 bits per heavy atom. The fourth-order valence-electron chi connectivity index (χ4n) is 3.06. The van der Waals surface area contributed by atoms with E-state index in [1.165, 1.54) is 20.8 Å². The number of nitrogens with one attached hydrogen (secondary N) is 1. The summed E-state index contributed by atoms with van der Waals surface area (Å²) in [7, 11) is 0.938. The number of rotatable bonds is 7. The fourth-order valence-corrected chi connectivity index (χ4v) is 3.24. The van der Waals surface area contributed by atoms with Crippen molar-refractivity contribution in [3.05, 3.63) is 62.5 Å². The van der Waals surface area contributed by atoms with Gasteiger partial charge in [-0.3, -0.25) is 10.1 Å². The van der Waals surface area contributed by atoms with E-state index in [1.807, 2.05) is 0 Å². The number of esters is 1. The minimum atomic E-state index is -5.59. The number of alkyl halides is 3. The highest BCUT2D eigenvalue weighted by molar-refractivity contribution is 6.31. The number of carbonyl (C=O) groups excluding carboxylic acids is 2. The zero-order valence-electron chi connectivity index (χ0n) is 19.9. The summed E-state index contributed by atoms with van der Waals surface area (Å²) in [4.78, 5) is 38.2. The summed E-state index contributed by atoms with van der Waals surface area (Å²) < 4.78 is 65.1. The van der Waals surface area contributed by atoms with Gasteiger partial charge in [-0.15, -0.1) is 0 Å².